The second-order valence-electron chi connectivity index (χ2n) is 3.50. The number of aromatic carboxylic acids is 1. The van der Waals surface area contributed by atoms with Crippen molar-refractivity contribution in [3.63, 3.8) is 0 Å². The summed E-state index contributed by atoms with van der Waals surface area (Å²) < 4.78 is 0. The molecule has 0 fully saturated rings. The van der Waals surface area contributed by atoms with E-state index in [1.54, 1.807) is 11.8 Å². The number of thioether (sulfide) groups is 1. The molecule has 0 saturated heterocycles. The van der Waals surface area contributed by atoms with Crippen LogP contribution in [0.3, 0.4) is 0 Å². The van der Waals surface area contributed by atoms with E-state index in [0.717, 1.165) is 22.6 Å². The number of rotatable bonds is 1. The van der Waals surface area contributed by atoms with E-state index < -0.39 is 5.97 Å². The van der Waals surface area contributed by atoms with Crippen molar-refractivity contribution < 1.29 is 9.90 Å². The highest BCUT2D eigenvalue weighted by Gasteiger charge is 2.15. The van der Waals surface area contributed by atoms with Gasteiger partial charge in [-0.05, 0) is 11.6 Å². The lowest BCUT2D eigenvalue weighted by Gasteiger charge is -2.01. The number of nitrogens with zero attached hydrogens (tertiary/aromatic N) is 3. The van der Waals surface area contributed by atoms with E-state index >= 15 is 0 Å². The molecule has 0 aliphatic carbocycles. The van der Waals surface area contributed by atoms with Gasteiger partial charge in [0, 0.05) is 23.1 Å². The van der Waals surface area contributed by atoms with E-state index in [1.807, 2.05) is 6.07 Å². The summed E-state index contributed by atoms with van der Waals surface area (Å²) in [5.41, 5.74) is 2.67. The zero-order valence-corrected chi connectivity index (χ0v) is 8.99. The van der Waals surface area contributed by atoms with Gasteiger partial charge in [0.1, 0.15) is 0 Å². The van der Waals surface area contributed by atoms with Crippen molar-refractivity contribution in [3.05, 3.63) is 29.3 Å². The molecule has 1 aliphatic heterocycles. The number of carboxylic acids is 1. The second-order valence-corrected chi connectivity index (χ2v) is 4.48. The Balaban J connectivity index is 2.24. The van der Waals surface area contributed by atoms with E-state index in [-0.39, 0.29) is 5.82 Å². The van der Waals surface area contributed by atoms with Crippen LogP contribution in [0.1, 0.15) is 21.9 Å². The molecule has 5 nitrogen and oxygen atoms in total. The Kier molecular flexibility index (Phi) is 2.03. The number of hydrogen-bond acceptors (Lipinski definition) is 5. The van der Waals surface area contributed by atoms with Crippen molar-refractivity contribution in [2.24, 2.45) is 0 Å². The van der Waals surface area contributed by atoms with Gasteiger partial charge >= 0.3 is 5.97 Å². The van der Waals surface area contributed by atoms with Crippen LogP contribution in [0.15, 0.2) is 12.3 Å². The number of fused-ring (bicyclic) bond motifs is 2. The van der Waals surface area contributed by atoms with E-state index in [1.165, 1.54) is 11.8 Å². The molecule has 6 heteroatoms. The van der Waals surface area contributed by atoms with Gasteiger partial charge in [-0.15, -0.1) is 0 Å². The van der Waals surface area contributed by atoms with Gasteiger partial charge in [0.25, 0.3) is 0 Å². The maximum Gasteiger partial charge on any atom is 0.374 e. The molecule has 0 bridgehead atoms. The molecule has 2 aromatic rings. The summed E-state index contributed by atoms with van der Waals surface area (Å²) in [6, 6.07) is 1.99. The average Bonchev–Trinajstić information content (AvgIpc) is 2.71. The maximum atomic E-state index is 10.7. The van der Waals surface area contributed by atoms with Gasteiger partial charge in [0.2, 0.25) is 5.82 Å². The number of hydrogen-bond donors (Lipinski definition) is 1. The number of aromatic nitrogens is 3. The molecule has 1 N–H and O–H groups in total. The molecule has 0 unspecified atom stereocenters. The van der Waals surface area contributed by atoms with Gasteiger partial charge in [-0.2, -0.15) is 11.8 Å². The summed E-state index contributed by atoms with van der Waals surface area (Å²) in [4.78, 5) is 22.8. The molecule has 0 radical (unpaired) electrons. The molecule has 2 aromatic heterocycles. The molecule has 16 heavy (non-hydrogen) atoms. The Bertz CT molecular complexity index is 600. The lowest BCUT2D eigenvalue weighted by molar-refractivity contribution is 0.0684. The minimum absolute atomic E-state index is 0.203. The van der Waals surface area contributed by atoms with Crippen LogP contribution in [0.4, 0.5) is 0 Å². The van der Waals surface area contributed by atoms with Crippen LogP contribution in [-0.2, 0) is 11.5 Å². The summed E-state index contributed by atoms with van der Waals surface area (Å²) in [5.74, 6) is 0.501. The summed E-state index contributed by atoms with van der Waals surface area (Å²) in [5, 5.41) is 9.58. The van der Waals surface area contributed by atoms with Crippen LogP contribution in [0.2, 0.25) is 0 Å². The predicted octanol–water partition coefficient (Wildman–Crippen LogP) is 1.47. The predicted molar refractivity (Wildman–Crippen MR) is 59.3 cm³/mol. The molecule has 0 aromatic carbocycles. The van der Waals surface area contributed by atoms with Crippen molar-refractivity contribution in [2.75, 3.05) is 0 Å². The highest BCUT2D eigenvalue weighted by molar-refractivity contribution is 7.98. The number of carboxylic acid groups (broad SMARTS) is 1. The molecular weight excluding hydrogens is 226 g/mol. The van der Waals surface area contributed by atoms with Crippen LogP contribution < -0.4 is 0 Å². The number of carbonyl (C=O) groups is 1. The highest BCUT2D eigenvalue weighted by atomic mass is 32.2. The first-order valence-corrected chi connectivity index (χ1v) is 5.86. The van der Waals surface area contributed by atoms with Gasteiger partial charge in [-0.25, -0.2) is 19.7 Å². The zero-order chi connectivity index (χ0) is 11.1. The smallest absolute Gasteiger partial charge is 0.374 e. The van der Waals surface area contributed by atoms with Gasteiger partial charge in [-0.3, -0.25) is 0 Å². The monoisotopic (exact) mass is 233 g/mol. The zero-order valence-electron chi connectivity index (χ0n) is 8.17. The Hall–Kier alpha value is -1.69. The lowest BCUT2D eigenvalue weighted by Crippen LogP contribution is -2.05. The topological polar surface area (TPSA) is 76.0 Å². The van der Waals surface area contributed by atoms with Gasteiger partial charge in [0.05, 0.1) is 5.69 Å². The SMILES string of the molecule is O=C(O)c1ncc2cc3c(nc2n1)CSC3. The fourth-order valence-electron chi connectivity index (χ4n) is 1.65. The largest absolute Gasteiger partial charge is 0.475 e. The van der Waals surface area contributed by atoms with Gasteiger partial charge < -0.3 is 5.11 Å². The van der Waals surface area contributed by atoms with Gasteiger partial charge in [0.15, 0.2) is 5.65 Å². The first kappa shape index (κ1) is 9.53. The van der Waals surface area contributed by atoms with E-state index in [0.29, 0.717) is 5.65 Å². The Labute approximate surface area is 94.9 Å². The van der Waals surface area contributed by atoms with E-state index in [2.05, 4.69) is 15.0 Å². The van der Waals surface area contributed by atoms with E-state index in [4.69, 9.17) is 5.11 Å². The van der Waals surface area contributed by atoms with Gasteiger partial charge in [-0.1, -0.05) is 0 Å². The van der Waals surface area contributed by atoms with Crippen molar-refractivity contribution in [3.8, 4) is 0 Å². The Morgan fingerprint density at radius 1 is 1.38 bits per heavy atom. The highest BCUT2D eigenvalue weighted by Crippen LogP contribution is 2.29. The van der Waals surface area contributed by atoms with Crippen molar-refractivity contribution >= 4 is 28.8 Å². The third-order valence-corrected chi connectivity index (χ3v) is 3.42. The van der Waals surface area contributed by atoms with Crippen molar-refractivity contribution in [1.29, 1.82) is 0 Å². The fraction of sp³-hybridized carbons (Fsp3) is 0.200. The minimum Gasteiger partial charge on any atom is -0.475 e. The molecule has 0 spiro atoms. The summed E-state index contributed by atoms with van der Waals surface area (Å²) >= 11 is 1.80. The standard InChI is InChI=1S/C10H7N3O2S/c14-10(15)9-11-2-5-1-6-3-16-4-7(6)12-8(5)13-9/h1-2H,3-4H2,(H,14,15). The lowest BCUT2D eigenvalue weighted by atomic mass is 10.2. The summed E-state index contributed by atoms with van der Waals surface area (Å²) in [7, 11) is 0. The quantitative estimate of drug-likeness (QED) is 0.803. The molecule has 3 rings (SSSR count). The molecule has 3 heterocycles. The van der Waals surface area contributed by atoms with Crippen molar-refractivity contribution in [1.82, 2.24) is 15.0 Å². The third kappa shape index (κ3) is 1.42. The Morgan fingerprint density at radius 3 is 3.06 bits per heavy atom. The summed E-state index contributed by atoms with van der Waals surface area (Å²) in [6.45, 7) is 0. The van der Waals surface area contributed by atoms with E-state index in [9.17, 15) is 4.79 Å². The normalized spacial score (nSPS) is 14.0. The third-order valence-electron chi connectivity index (χ3n) is 2.42. The summed E-state index contributed by atoms with van der Waals surface area (Å²) in [6.07, 6.45) is 1.52. The van der Waals surface area contributed by atoms with Crippen LogP contribution >= 0.6 is 11.8 Å². The van der Waals surface area contributed by atoms with Crippen LogP contribution in [-0.4, -0.2) is 26.0 Å². The van der Waals surface area contributed by atoms with Crippen LogP contribution in [0.25, 0.3) is 11.0 Å². The average molecular weight is 233 g/mol. The fourth-order valence-corrected chi connectivity index (χ4v) is 2.67. The maximum absolute atomic E-state index is 10.7. The first-order valence-electron chi connectivity index (χ1n) is 4.70. The Morgan fingerprint density at radius 2 is 2.25 bits per heavy atom. The molecule has 1 aliphatic rings. The van der Waals surface area contributed by atoms with Crippen LogP contribution in [0, 0.1) is 0 Å². The molecule has 0 saturated carbocycles. The first-order chi connectivity index (χ1) is 7.74. The van der Waals surface area contributed by atoms with Crippen LogP contribution in [0.5, 0.6) is 0 Å². The molecule has 0 atom stereocenters. The number of pyridine rings is 1. The molecule has 0 amide bonds. The van der Waals surface area contributed by atoms with Crippen molar-refractivity contribution in [2.45, 2.75) is 11.5 Å². The molecular formula is C10H7N3O2S. The minimum atomic E-state index is -1.13. The second kappa shape index (κ2) is 3.41. The molecule has 80 valence electrons.